The average Bonchev–Trinajstić information content (AvgIpc) is 3.23. The molecule has 0 aliphatic rings. The number of aryl methyl sites for hydroxylation is 1. The summed E-state index contributed by atoms with van der Waals surface area (Å²) in [7, 11) is 0. The molecule has 0 unspecified atom stereocenters. The molecule has 3 rings (SSSR count). The van der Waals surface area contributed by atoms with Gasteiger partial charge in [0.15, 0.2) is 0 Å². The third kappa shape index (κ3) is 3.79. The van der Waals surface area contributed by atoms with Crippen molar-refractivity contribution in [2.24, 2.45) is 0 Å². The number of nitrogens with zero attached hydrogens (tertiary/aromatic N) is 2. The van der Waals surface area contributed by atoms with Gasteiger partial charge in [0.2, 0.25) is 17.6 Å². The van der Waals surface area contributed by atoms with Crippen LogP contribution in [0.25, 0.3) is 11.4 Å². The van der Waals surface area contributed by atoms with Gasteiger partial charge in [0.05, 0.1) is 6.54 Å². The summed E-state index contributed by atoms with van der Waals surface area (Å²) in [5.74, 6) is 0.913. The first kappa shape index (κ1) is 14.5. The highest BCUT2D eigenvalue weighted by Crippen LogP contribution is 2.14. The smallest absolute Gasteiger partial charge is 0.246 e. The van der Waals surface area contributed by atoms with E-state index in [0.29, 0.717) is 18.1 Å². The van der Waals surface area contributed by atoms with E-state index in [1.165, 1.54) is 5.56 Å². The summed E-state index contributed by atoms with van der Waals surface area (Å²) in [5, 5.41) is 10.8. The summed E-state index contributed by atoms with van der Waals surface area (Å²) in [5.41, 5.74) is 2.07. The van der Waals surface area contributed by atoms with Crippen LogP contribution < -0.4 is 5.32 Å². The van der Waals surface area contributed by atoms with Crippen LogP contribution in [0, 0.1) is 0 Å². The Labute approximate surface area is 132 Å². The van der Waals surface area contributed by atoms with Crippen LogP contribution in [0.4, 0.5) is 0 Å². The van der Waals surface area contributed by atoms with E-state index >= 15 is 0 Å². The lowest BCUT2D eigenvalue weighted by Gasteiger charge is -2.01. The number of aromatic nitrogens is 2. The highest BCUT2D eigenvalue weighted by molar-refractivity contribution is 7.07. The maximum absolute atomic E-state index is 11.8. The Morgan fingerprint density at radius 1 is 1.23 bits per heavy atom. The second kappa shape index (κ2) is 7.00. The van der Waals surface area contributed by atoms with E-state index in [4.69, 9.17) is 4.52 Å². The Morgan fingerprint density at radius 2 is 2.09 bits per heavy atom. The zero-order valence-corrected chi connectivity index (χ0v) is 12.7. The van der Waals surface area contributed by atoms with Crippen molar-refractivity contribution in [3.05, 3.63) is 58.6 Å². The number of hydrogen-bond donors (Lipinski definition) is 1. The van der Waals surface area contributed by atoms with Gasteiger partial charge in [-0.1, -0.05) is 35.5 Å². The molecule has 2 aromatic heterocycles. The molecule has 0 atom stereocenters. The van der Waals surface area contributed by atoms with E-state index in [1.54, 1.807) is 11.3 Å². The standard InChI is InChI=1S/C16H15N3O2S/c20-14(7-6-12-8-9-22-11-12)17-10-15-18-16(19-21-15)13-4-2-1-3-5-13/h1-5,8-9,11H,6-7,10H2,(H,17,20). The van der Waals surface area contributed by atoms with Gasteiger partial charge in [-0.05, 0) is 28.8 Å². The molecule has 1 amide bonds. The van der Waals surface area contributed by atoms with E-state index in [2.05, 4.69) is 20.8 Å². The molecule has 3 aromatic rings. The highest BCUT2D eigenvalue weighted by Gasteiger charge is 2.09. The first-order valence-electron chi connectivity index (χ1n) is 6.97. The average molecular weight is 313 g/mol. The summed E-state index contributed by atoms with van der Waals surface area (Å²) < 4.78 is 5.15. The molecule has 0 spiro atoms. The molecule has 1 N–H and O–H groups in total. The number of thiophene rings is 1. The van der Waals surface area contributed by atoms with Gasteiger partial charge in [0.25, 0.3) is 0 Å². The Balaban J connectivity index is 1.49. The van der Waals surface area contributed by atoms with Crippen molar-refractivity contribution < 1.29 is 9.32 Å². The van der Waals surface area contributed by atoms with Crippen LogP contribution in [0.3, 0.4) is 0 Å². The molecule has 6 heteroatoms. The van der Waals surface area contributed by atoms with E-state index in [0.717, 1.165) is 12.0 Å². The second-order valence-electron chi connectivity index (χ2n) is 4.79. The van der Waals surface area contributed by atoms with E-state index < -0.39 is 0 Å². The summed E-state index contributed by atoms with van der Waals surface area (Å²) in [6.45, 7) is 0.252. The van der Waals surface area contributed by atoms with Gasteiger partial charge >= 0.3 is 0 Å². The summed E-state index contributed by atoms with van der Waals surface area (Å²) in [6.07, 6.45) is 1.20. The Kier molecular flexibility index (Phi) is 4.60. The number of nitrogens with one attached hydrogen (secondary N) is 1. The van der Waals surface area contributed by atoms with Crippen LogP contribution in [0.15, 0.2) is 51.7 Å². The number of benzene rings is 1. The Bertz CT molecular complexity index is 723. The molecule has 0 radical (unpaired) electrons. The van der Waals surface area contributed by atoms with Crippen LogP contribution in [0.5, 0.6) is 0 Å². The van der Waals surface area contributed by atoms with Crippen molar-refractivity contribution in [1.82, 2.24) is 15.5 Å². The number of carbonyl (C=O) groups is 1. The lowest BCUT2D eigenvalue weighted by atomic mass is 10.2. The molecule has 0 fully saturated rings. The zero-order valence-electron chi connectivity index (χ0n) is 11.9. The van der Waals surface area contributed by atoms with Crippen LogP contribution >= 0.6 is 11.3 Å². The first-order chi connectivity index (χ1) is 10.8. The number of rotatable bonds is 6. The van der Waals surface area contributed by atoms with Crippen molar-refractivity contribution in [1.29, 1.82) is 0 Å². The molecule has 0 aliphatic carbocycles. The van der Waals surface area contributed by atoms with Crippen molar-refractivity contribution in [3.8, 4) is 11.4 Å². The quantitative estimate of drug-likeness (QED) is 0.759. The molecule has 1 aromatic carbocycles. The van der Waals surface area contributed by atoms with Gasteiger partial charge in [-0.25, -0.2) is 0 Å². The largest absolute Gasteiger partial charge is 0.347 e. The van der Waals surface area contributed by atoms with E-state index in [1.807, 2.05) is 41.8 Å². The van der Waals surface area contributed by atoms with Gasteiger partial charge in [-0.2, -0.15) is 16.3 Å². The highest BCUT2D eigenvalue weighted by atomic mass is 32.1. The van der Waals surface area contributed by atoms with Gasteiger partial charge in [-0.3, -0.25) is 4.79 Å². The monoisotopic (exact) mass is 313 g/mol. The molecule has 0 saturated carbocycles. The molecule has 5 nitrogen and oxygen atoms in total. The summed E-state index contributed by atoms with van der Waals surface area (Å²) in [6, 6.07) is 11.6. The van der Waals surface area contributed by atoms with Gasteiger partial charge < -0.3 is 9.84 Å². The molecule has 0 aliphatic heterocycles. The van der Waals surface area contributed by atoms with Crippen LogP contribution in [-0.4, -0.2) is 16.0 Å². The van der Waals surface area contributed by atoms with Crippen molar-refractivity contribution in [3.63, 3.8) is 0 Å². The predicted octanol–water partition coefficient (Wildman–Crippen LogP) is 3.05. The summed E-state index contributed by atoms with van der Waals surface area (Å²) in [4.78, 5) is 16.1. The molecular formula is C16H15N3O2S. The fraction of sp³-hybridized carbons (Fsp3) is 0.188. The minimum atomic E-state index is -0.0225. The van der Waals surface area contributed by atoms with E-state index in [-0.39, 0.29) is 12.5 Å². The summed E-state index contributed by atoms with van der Waals surface area (Å²) >= 11 is 1.64. The molecule has 0 bridgehead atoms. The maximum Gasteiger partial charge on any atom is 0.246 e. The van der Waals surface area contributed by atoms with Crippen molar-refractivity contribution in [2.75, 3.05) is 0 Å². The van der Waals surface area contributed by atoms with Crippen LogP contribution in [0.2, 0.25) is 0 Å². The molecule has 2 heterocycles. The Hall–Kier alpha value is -2.47. The SMILES string of the molecule is O=C(CCc1ccsc1)NCc1nc(-c2ccccc2)no1. The van der Waals surface area contributed by atoms with Gasteiger partial charge in [0, 0.05) is 12.0 Å². The third-order valence-corrected chi connectivity index (χ3v) is 3.89. The number of carbonyl (C=O) groups excluding carboxylic acids is 1. The van der Waals surface area contributed by atoms with Crippen LogP contribution in [0.1, 0.15) is 17.9 Å². The third-order valence-electron chi connectivity index (χ3n) is 3.16. The fourth-order valence-electron chi connectivity index (χ4n) is 1.99. The molecule has 112 valence electrons. The van der Waals surface area contributed by atoms with Crippen molar-refractivity contribution in [2.45, 2.75) is 19.4 Å². The minimum Gasteiger partial charge on any atom is -0.347 e. The number of amides is 1. The molecular weight excluding hydrogens is 298 g/mol. The van der Waals surface area contributed by atoms with Crippen LogP contribution in [-0.2, 0) is 17.8 Å². The van der Waals surface area contributed by atoms with E-state index in [9.17, 15) is 4.79 Å². The lowest BCUT2D eigenvalue weighted by molar-refractivity contribution is -0.121. The first-order valence-corrected chi connectivity index (χ1v) is 7.91. The molecule has 0 saturated heterocycles. The minimum absolute atomic E-state index is 0.0225. The topological polar surface area (TPSA) is 68.0 Å². The van der Waals surface area contributed by atoms with Gasteiger partial charge in [0.1, 0.15) is 0 Å². The van der Waals surface area contributed by atoms with Gasteiger partial charge in [-0.15, -0.1) is 0 Å². The second-order valence-corrected chi connectivity index (χ2v) is 5.57. The lowest BCUT2D eigenvalue weighted by Crippen LogP contribution is -2.23. The maximum atomic E-state index is 11.8. The molecule has 22 heavy (non-hydrogen) atoms. The van der Waals surface area contributed by atoms with Crippen molar-refractivity contribution >= 4 is 17.2 Å². The fourth-order valence-corrected chi connectivity index (χ4v) is 2.69. The normalized spacial score (nSPS) is 10.5. The Morgan fingerprint density at radius 3 is 2.86 bits per heavy atom. The number of hydrogen-bond acceptors (Lipinski definition) is 5. The predicted molar refractivity (Wildman–Crippen MR) is 84.2 cm³/mol. The zero-order chi connectivity index (χ0) is 15.2.